The molecule has 0 saturated carbocycles. The molecule has 0 fully saturated rings. The molecule has 1 heterocycles. The highest BCUT2D eigenvalue weighted by molar-refractivity contribution is 6.29. The van der Waals surface area contributed by atoms with Crippen molar-refractivity contribution in [1.82, 2.24) is 4.98 Å². The number of nitrogens with two attached hydrogens (primary N) is 2. The Labute approximate surface area is 92.8 Å². The van der Waals surface area contributed by atoms with Gasteiger partial charge in [-0.3, -0.25) is 4.79 Å². The molecule has 15 heavy (non-hydrogen) atoms. The van der Waals surface area contributed by atoms with Gasteiger partial charge in [-0.15, -0.1) is 0 Å². The van der Waals surface area contributed by atoms with Crippen molar-refractivity contribution in [3.8, 4) is 0 Å². The van der Waals surface area contributed by atoms with E-state index in [1.165, 1.54) is 0 Å². The van der Waals surface area contributed by atoms with Gasteiger partial charge in [-0.25, -0.2) is 4.98 Å². The van der Waals surface area contributed by atoms with Crippen LogP contribution in [0.4, 0.5) is 11.5 Å². The minimum Gasteiger partial charge on any atom is -0.396 e. The Morgan fingerprint density at radius 1 is 1.53 bits per heavy atom. The summed E-state index contributed by atoms with van der Waals surface area (Å²) in [4.78, 5) is 15.0. The third kappa shape index (κ3) is 2.73. The second kappa shape index (κ2) is 3.94. The Morgan fingerprint density at radius 2 is 2.13 bits per heavy atom. The molecule has 82 valence electrons. The zero-order valence-electron chi connectivity index (χ0n) is 8.54. The maximum atomic E-state index is 11.1. The predicted molar refractivity (Wildman–Crippen MR) is 60.6 cm³/mol. The standard InChI is InChI=1S/C9H13ClN4O/c1-9(2,8(12)15)14-7-5(11)3-4-6(10)13-7/h3-4H,11H2,1-2H3,(H2,12,15)(H,13,14). The summed E-state index contributed by atoms with van der Waals surface area (Å²) >= 11 is 5.70. The summed E-state index contributed by atoms with van der Waals surface area (Å²) in [7, 11) is 0. The van der Waals surface area contributed by atoms with Crippen LogP contribution in [0, 0.1) is 0 Å². The third-order valence-corrected chi connectivity index (χ3v) is 2.15. The van der Waals surface area contributed by atoms with E-state index in [2.05, 4.69) is 10.3 Å². The number of amides is 1. The second-order valence-electron chi connectivity index (χ2n) is 3.69. The van der Waals surface area contributed by atoms with E-state index >= 15 is 0 Å². The lowest BCUT2D eigenvalue weighted by molar-refractivity contribution is -0.121. The minimum absolute atomic E-state index is 0.298. The molecule has 5 N–H and O–H groups in total. The van der Waals surface area contributed by atoms with Crippen LogP contribution in [0.25, 0.3) is 0 Å². The van der Waals surface area contributed by atoms with Crippen LogP contribution in [0.15, 0.2) is 12.1 Å². The topological polar surface area (TPSA) is 94.0 Å². The maximum Gasteiger partial charge on any atom is 0.242 e. The molecule has 1 aromatic heterocycles. The first-order valence-electron chi connectivity index (χ1n) is 4.33. The Balaban J connectivity index is 2.99. The van der Waals surface area contributed by atoms with Crippen LogP contribution in [-0.4, -0.2) is 16.4 Å². The zero-order chi connectivity index (χ0) is 11.6. The van der Waals surface area contributed by atoms with Gasteiger partial charge in [-0.05, 0) is 26.0 Å². The van der Waals surface area contributed by atoms with Crippen LogP contribution < -0.4 is 16.8 Å². The molecule has 0 unspecified atom stereocenters. The summed E-state index contributed by atoms with van der Waals surface area (Å²) in [5.74, 6) is -0.144. The average molecular weight is 229 g/mol. The van der Waals surface area contributed by atoms with Crippen LogP contribution in [0.1, 0.15) is 13.8 Å². The molecule has 0 bridgehead atoms. The zero-order valence-corrected chi connectivity index (χ0v) is 9.30. The van der Waals surface area contributed by atoms with Gasteiger partial charge in [-0.1, -0.05) is 11.6 Å². The molecule has 0 aliphatic heterocycles. The number of halogens is 1. The molecule has 1 amide bonds. The summed E-state index contributed by atoms with van der Waals surface area (Å²) in [5.41, 5.74) is 10.4. The number of hydrogen-bond donors (Lipinski definition) is 3. The van der Waals surface area contributed by atoms with Crippen molar-refractivity contribution in [2.45, 2.75) is 19.4 Å². The molecular weight excluding hydrogens is 216 g/mol. The van der Waals surface area contributed by atoms with Gasteiger partial charge < -0.3 is 16.8 Å². The molecular formula is C9H13ClN4O. The van der Waals surface area contributed by atoms with Gasteiger partial charge in [0.2, 0.25) is 5.91 Å². The lowest BCUT2D eigenvalue weighted by Gasteiger charge is -2.23. The van der Waals surface area contributed by atoms with Crippen molar-refractivity contribution in [2.75, 3.05) is 11.1 Å². The first-order valence-corrected chi connectivity index (χ1v) is 4.71. The van der Waals surface area contributed by atoms with Crippen molar-refractivity contribution in [2.24, 2.45) is 5.73 Å². The number of nitrogens with one attached hydrogen (secondary N) is 1. The normalized spacial score (nSPS) is 11.1. The first kappa shape index (κ1) is 11.6. The van der Waals surface area contributed by atoms with Crippen molar-refractivity contribution in [3.63, 3.8) is 0 Å². The summed E-state index contributed by atoms with van der Waals surface area (Å²) < 4.78 is 0. The average Bonchev–Trinajstić information content (AvgIpc) is 2.10. The molecule has 0 aliphatic carbocycles. The van der Waals surface area contributed by atoms with Crippen molar-refractivity contribution >= 4 is 29.0 Å². The number of anilines is 2. The molecule has 0 aliphatic rings. The molecule has 0 aromatic carbocycles. The predicted octanol–water partition coefficient (Wildman–Crippen LogP) is 0.993. The largest absolute Gasteiger partial charge is 0.396 e. The van der Waals surface area contributed by atoms with E-state index < -0.39 is 11.4 Å². The quantitative estimate of drug-likeness (QED) is 0.673. The van der Waals surface area contributed by atoms with Crippen molar-refractivity contribution in [1.29, 1.82) is 0 Å². The maximum absolute atomic E-state index is 11.1. The summed E-state index contributed by atoms with van der Waals surface area (Å²) in [5, 5.41) is 3.13. The number of rotatable bonds is 3. The van der Waals surface area contributed by atoms with E-state index in [1.54, 1.807) is 26.0 Å². The molecule has 1 rings (SSSR count). The SMILES string of the molecule is CC(C)(Nc1nc(Cl)ccc1N)C(N)=O. The van der Waals surface area contributed by atoms with E-state index in [-0.39, 0.29) is 0 Å². The van der Waals surface area contributed by atoms with Crippen molar-refractivity contribution in [3.05, 3.63) is 17.3 Å². The number of carbonyl (C=O) groups excluding carboxylic acids is 1. The molecule has 1 aromatic rings. The van der Waals surface area contributed by atoms with Crippen LogP contribution in [0.2, 0.25) is 5.15 Å². The van der Waals surface area contributed by atoms with Crippen molar-refractivity contribution < 1.29 is 4.79 Å². The highest BCUT2D eigenvalue weighted by Crippen LogP contribution is 2.21. The van der Waals surface area contributed by atoms with E-state index in [9.17, 15) is 4.79 Å². The lowest BCUT2D eigenvalue weighted by Crippen LogP contribution is -2.45. The Hall–Kier alpha value is -1.49. The molecule has 0 atom stereocenters. The van der Waals surface area contributed by atoms with Crippen LogP contribution in [-0.2, 0) is 4.79 Å². The van der Waals surface area contributed by atoms with Crippen LogP contribution in [0.3, 0.4) is 0 Å². The summed E-state index contributed by atoms with van der Waals surface area (Å²) in [6.45, 7) is 3.27. The fourth-order valence-corrected chi connectivity index (χ4v) is 1.05. The number of primary amides is 1. The number of hydrogen-bond acceptors (Lipinski definition) is 4. The van der Waals surface area contributed by atoms with Crippen LogP contribution in [0.5, 0.6) is 0 Å². The fourth-order valence-electron chi connectivity index (χ4n) is 0.904. The van der Waals surface area contributed by atoms with E-state index in [0.717, 1.165) is 0 Å². The van der Waals surface area contributed by atoms with E-state index in [1.807, 2.05) is 0 Å². The highest BCUT2D eigenvalue weighted by atomic mass is 35.5. The molecule has 6 heteroatoms. The van der Waals surface area contributed by atoms with Gasteiger partial charge in [0.1, 0.15) is 10.7 Å². The number of carbonyl (C=O) groups is 1. The smallest absolute Gasteiger partial charge is 0.242 e. The fraction of sp³-hybridized carbons (Fsp3) is 0.333. The number of aromatic nitrogens is 1. The second-order valence-corrected chi connectivity index (χ2v) is 4.07. The molecule has 0 radical (unpaired) electrons. The van der Waals surface area contributed by atoms with Gasteiger partial charge in [0.05, 0.1) is 5.69 Å². The number of pyridine rings is 1. The van der Waals surface area contributed by atoms with E-state index in [4.69, 9.17) is 23.1 Å². The minimum atomic E-state index is -0.925. The Bertz CT molecular complexity index is 392. The Kier molecular flexibility index (Phi) is 3.04. The van der Waals surface area contributed by atoms with Gasteiger partial charge >= 0.3 is 0 Å². The van der Waals surface area contributed by atoms with Gasteiger partial charge in [0, 0.05) is 0 Å². The first-order chi connectivity index (χ1) is 6.83. The molecule has 5 nitrogen and oxygen atoms in total. The van der Waals surface area contributed by atoms with Gasteiger partial charge in [0.25, 0.3) is 0 Å². The molecule has 0 spiro atoms. The summed E-state index contributed by atoms with van der Waals surface area (Å²) in [6.07, 6.45) is 0. The van der Waals surface area contributed by atoms with Crippen LogP contribution >= 0.6 is 11.6 Å². The number of nitrogens with zero attached hydrogens (tertiary/aromatic N) is 1. The van der Waals surface area contributed by atoms with Gasteiger partial charge in [0.15, 0.2) is 5.82 Å². The van der Waals surface area contributed by atoms with E-state index in [0.29, 0.717) is 16.7 Å². The Morgan fingerprint density at radius 3 is 2.67 bits per heavy atom. The van der Waals surface area contributed by atoms with Gasteiger partial charge in [-0.2, -0.15) is 0 Å². The monoisotopic (exact) mass is 228 g/mol. The lowest BCUT2D eigenvalue weighted by atomic mass is 10.1. The molecule has 0 saturated heterocycles. The third-order valence-electron chi connectivity index (χ3n) is 1.94. The summed E-state index contributed by atoms with van der Waals surface area (Å²) in [6, 6.07) is 3.17. The highest BCUT2D eigenvalue weighted by Gasteiger charge is 2.25. The number of nitrogen functional groups attached to an aromatic ring is 1.